The summed E-state index contributed by atoms with van der Waals surface area (Å²) in [6, 6.07) is 16.3. The SMILES string of the molecule is CC(=O)OC1c2cc(-c3cccc(O)c3)cnc2C=Cc2c(C#N)cccc21. The number of rotatable bonds is 2. The molecule has 0 fully saturated rings. The zero-order valence-electron chi connectivity index (χ0n) is 15.1. The van der Waals surface area contributed by atoms with E-state index in [1.807, 2.05) is 30.4 Å². The van der Waals surface area contributed by atoms with Crippen molar-refractivity contribution in [1.29, 1.82) is 5.26 Å². The number of esters is 1. The van der Waals surface area contributed by atoms with Crippen LogP contribution in [-0.2, 0) is 9.53 Å². The molecule has 0 bridgehead atoms. The number of aromatic hydroxyl groups is 1. The van der Waals surface area contributed by atoms with E-state index in [-0.39, 0.29) is 5.75 Å². The minimum absolute atomic E-state index is 0.160. The summed E-state index contributed by atoms with van der Waals surface area (Å²) in [5, 5.41) is 19.2. The summed E-state index contributed by atoms with van der Waals surface area (Å²) in [7, 11) is 0. The van der Waals surface area contributed by atoms with Crippen molar-refractivity contribution >= 4 is 18.1 Å². The molecule has 5 nitrogen and oxygen atoms in total. The minimum atomic E-state index is -0.685. The van der Waals surface area contributed by atoms with Gasteiger partial charge in [-0.3, -0.25) is 9.78 Å². The topological polar surface area (TPSA) is 83.2 Å². The second kappa shape index (κ2) is 7.01. The van der Waals surface area contributed by atoms with Crippen LogP contribution < -0.4 is 0 Å². The number of hydrogen-bond acceptors (Lipinski definition) is 5. The fourth-order valence-electron chi connectivity index (χ4n) is 3.40. The van der Waals surface area contributed by atoms with Gasteiger partial charge in [-0.1, -0.05) is 30.3 Å². The number of phenols is 1. The average molecular weight is 368 g/mol. The molecule has 136 valence electrons. The molecule has 0 amide bonds. The number of fused-ring (bicyclic) bond motifs is 2. The maximum absolute atomic E-state index is 11.8. The lowest BCUT2D eigenvalue weighted by Gasteiger charge is -2.21. The first kappa shape index (κ1) is 17.5. The first-order chi connectivity index (χ1) is 13.6. The van der Waals surface area contributed by atoms with Crippen molar-refractivity contribution < 1.29 is 14.6 Å². The van der Waals surface area contributed by atoms with Crippen LogP contribution in [0.1, 0.15) is 41.0 Å². The van der Waals surface area contributed by atoms with E-state index in [1.54, 1.807) is 36.5 Å². The van der Waals surface area contributed by atoms with Gasteiger partial charge in [0.15, 0.2) is 6.10 Å². The van der Waals surface area contributed by atoms with Gasteiger partial charge in [-0.2, -0.15) is 5.26 Å². The van der Waals surface area contributed by atoms with Crippen molar-refractivity contribution in [2.24, 2.45) is 0 Å². The molecule has 1 aromatic heterocycles. The summed E-state index contributed by atoms with van der Waals surface area (Å²) in [6.07, 6.45) is 4.68. The Labute approximate surface area is 162 Å². The molecule has 28 heavy (non-hydrogen) atoms. The molecule has 4 rings (SSSR count). The quantitative estimate of drug-likeness (QED) is 0.675. The first-order valence-corrected chi connectivity index (χ1v) is 8.74. The number of nitrogens with zero attached hydrogens (tertiary/aromatic N) is 2. The number of nitriles is 1. The number of benzene rings is 2. The third kappa shape index (κ3) is 3.12. The van der Waals surface area contributed by atoms with E-state index in [0.717, 1.165) is 22.3 Å². The van der Waals surface area contributed by atoms with Crippen LogP contribution in [0, 0.1) is 11.3 Å². The Hall–Kier alpha value is -3.91. The highest BCUT2D eigenvalue weighted by molar-refractivity contribution is 5.80. The Morgan fingerprint density at radius 3 is 2.68 bits per heavy atom. The maximum Gasteiger partial charge on any atom is 0.303 e. The normalized spacial score (nSPS) is 14.4. The fourth-order valence-corrected chi connectivity index (χ4v) is 3.40. The molecule has 1 aliphatic carbocycles. The summed E-state index contributed by atoms with van der Waals surface area (Å²) < 4.78 is 5.66. The van der Waals surface area contributed by atoms with Gasteiger partial charge in [0.1, 0.15) is 5.75 Å². The number of hydrogen-bond donors (Lipinski definition) is 1. The van der Waals surface area contributed by atoms with Crippen molar-refractivity contribution in [2.75, 3.05) is 0 Å². The molecule has 0 saturated carbocycles. The molecule has 1 aliphatic rings. The van der Waals surface area contributed by atoms with Gasteiger partial charge < -0.3 is 9.84 Å². The summed E-state index contributed by atoms with van der Waals surface area (Å²) in [5.74, 6) is -0.262. The minimum Gasteiger partial charge on any atom is -0.508 e. The highest BCUT2D eigenvalue weighted by Gasteiger charge is 2.26. The molecule has 3 aromatic rings. The Morgan fingerprint density at radius 1 is 1.11 bits per heavy atom. The molecule has 1 unspecified atom stereocenters. The lowest BCUT2D eigenvalue weighted by molar-refractivity contribution is -0.144. The number of ether oxygens (including phenoxy) is 1. The predicted octanol–water partition coefficient (Wildman–Crippen LogP) is 4.46. The highest BCUT2D eigenvalue weighted by atomic mass is 16.5. The molecule has 1 heterocycles. The summed E-state index contributed by atoms with van der Waals surface area (Å²) in [6.45, 7) is 1.36. The molecule has 1 N–H and O–H groups in total. The zero-order valence-corrected chi connectivity index (χ0v) is 15.1. The zero-order chi connectivity index (χ0) is 19.7. The lowest BCUT2D eigenvalue weighted by Crippen LogP contribution is -2.13. The Kier molecular flexibility index (Phi) is 4.38. The van der Waals surface area contributed by atoms with Gasteiger partial charge >= 0.3 is 5.97 Å². The monoisotopic (exact) mass is 368 g/mol. The lowest BCUT2D eigenvalue weighted by atomic mass is 9.94. The average Bonchev–Trinajstić information content (AvgIpc) is 2.84. The number of carbonyl (C=O) groups excluding carboxylic acids is 1. The molecule has 0 radical (unpaired) electrons. The van der Waals surface area contributed by atoms with Crippen molar-refractivity contribution in [1.82, 2.24) is 4.98 Å². The van der Waals surface area contributed by atoms with Crippen LogP contribution in [0.15, 0.2) is 54.7 Å². The van der Waals surface area contributed by atoms with E-state index >= 15 is 0 Å². The van der Waals surface area contributed by atoms with Crippen LogP contribution in [0.2, 0.25) is 0 Å². The van der Waals surface area contributed by atoms with E-state index < -0.39 is 12.1 Å². The van der Waals surface area contributed by atoms with Crippen LogP contribution in [0.25, 0.3) is 23.3 Å². The van der Waals surface area contributed by atoms with Gasteiger partial charge in [0.05, 0.1) is 17.3 Å². The van der Waals surface area contributed by atoms with Crippen molar-refractivity contribution in [3.63, 3.8) is 0 Å². The van der Waals surface area contributed by atoms with Gasteiger partial charge in [0.2, 0.25) is 0 Å². The Balaban J connectivity index is 1.93. The molecular formula is C23H16N2O3. The number of pyridine rings is 1. The summed E-state index contributed by atoms with van der Waals surface area (Å²) >= 11 is 0. The molecule has 2 aromatic carbocycles. The van der Waals surface area contributed by atoms with E-state index in [4.69, 9.17) is 4.74 Å². The van der Waals surface area contributed by atoms with E-state index in [2.05, 4.69) is 11.1 Å². The standard InChI is InChI=1S/C23H16N2O3/c1-14(26)28-23-20-7-3-5-16(12-24)19(20)8-9-22-21(23)11-17(13-25-22)15-4-2-6-18(27)10-15/h2-11,13,23,27H,1H3. The Bertz CT molecular complexity index is 1160. The van der Waals surface area contributed by atoms with E-state index in [9.17, 15) is 15.2 Å². The molecule has 0 aliphatic heterocycles. The van der Waals surface area contributed by atoms with Gasteiger partial charge in [0, 0.05) is 29.8 Å². The van der Waals surface area contributed by atoms with Gasteiger partial charge in [-0.05, 0) is 41.5 Å². The predicted molar refractivity (Wildman–Crippen MR) is 105 cm³/mol. The molecule has 0 saturated heterocycles. The van der Waals surface area contributed by atoms with Gasteiger partial charge in [0.25, 0.3) is 0 Å². The van der Waals surface area contributed by atoms with Gasteiger partial charge in [-0.25, -0.2) is 0 Å². The summed E-state index contributed by atoms with van der Waals surface area (Å²) in [4.78, 5) is 16.4. The van der Waals surface area contributed by atoms with Crippen molar-refractivity contribution in [2.45, 2.75) is 13.0 Å². The largest absolute Gasteiger partial charge is 0.508 e. The number of aromatic nitrogens is 1. The van der Waals surface area contributed by atoms with E-state index in [1.165, 1.54) is 6.92 Å². The van der Waals surface area contributed by atoms with Crippen molar-refractivity contribution in [3.8, 4) is 22.9 Å². The van der Waals surface area contributed by atoms with Crippen molar-refractivity contribution in [3.05, 3.63) is 82.7 Å². The third-order valence-electron chi connectivity index (χ3n) is 4.65. The highest BCUT2D eigenvalue weighted by Crippen LogP contribution is 2.38. The molecular weight excluding hydrogens is 352 g/mol. The second-order valence-corrected chi connectivity index (χ2v) is 6.49. The number of phenolic OH excluding ortho intramolecular Hbond substituents is 1. The van der Waals surface area contributed by atoms with Crippen LogP contribution in [0.4, 0.5) is 0 Å². The summed E-state index contributed by atoms with van der Waals surface area (Å²) in [5.41, 5.74) is 4.94. The smallest absolute Gasteiger partial charge is 0.303 e. The first-order valence-electron chi connectivity index (χ1n) is 8.74. The van der Waals surface area contributed by atoms with Crippen LogP contribution >= 0.6 is 0 Å². The Morgan fingerprint density at radius 2 is 1.93 bits per heavy atom. The van der Waals surface area contributed by atoms with Crippen LogP contribution in [0.3, 0.4) is 0 Å². The maximum atomic E-state index is 11.8. The van der Waals surface area contributed by atoms with E-state index in [0.29, 0.717) is 16.8 Å². The second-order valence-electron chi connectivity index (χ2n) is 6.49. The fraction of sp³-hybridized carbons (Fsp3) is 0.0870. The third-order valence-corrected chi connectivity index (χ3v) is 4.65. The van der Waals surface area contributed by atoms with Crippen LogP contribution in [0.5, 0.6) is 5.75 Å². The molecule has 1 atom stereocenters. The number of carbonyl (C=O) groups is 1. The molecule has 5 heteroatoms. The van der Waals surface area contributed by atoms with Crippen LogP contribution in [-0.4, -0.2) is 16.1 Å². The van der Waals surface area contributed by atoms with Gasteiger partial charge in [-0.15, -0.1) is 0 Å². The molecule has 0 spiro atoms.